The number of methoxy groups -OCH3 is 1. The molecule has 0 amide bonds. The van der Waals surface area contributed by atoms with Gasteiger partial charge < -0.3 is 9.72 Å². The van der Waals surface area contributed by atoms with Crippen LogP contribution in [0.2, 0.25) is 10.0 Å². The summed E-state index contributed by atoms with van der Waals surface area (Å²) in [6.45, 7) is 0. The molecular weight excluding hydrogens is 209 g/mol. The van der Waals surface area contributed by atoms with Crippen LogP contribution >= 0.6 is 23.2 Å². The summed E-state index contributed by atoms with van der Waals surface area (Å²) in [6, 6.07) is 3.52. The smallest absolute Gasteiger partial charge is 0.156 e. The zero-order valence-electron chi connectivity index (χ0n) is 6.82. The quantitative estimate of drug-likeness (QED) is 0.775. The van der Waals surface area contributed by atoms with Crippen LogP contribution in [0.5, 0.6) is 5.75 Å². The standard InChI is InChI=1S/C9H6Cl2NO/c1-13-9-6(10)4-7-5(8(9)11)2-3-12-7/h2,4,12H,1H3. The molecule has 1 radical (unpaired) electrons. The minimum absolute atomic E-state index is 0.496. The van der Waals surface area contributed by atoms with Crippen molar-refractivity contribution in [2.45, 2.75) is 0 Å². The van der Waals surface area contributed by atoms with Crippen molar-refractivity contribution in [2.75, 3.05) is 7.11 Å². The molecule has 0 saturated heterocycles. The minimum Gasteiger partial charge on any atom is -0.494 e. The third kappa shape index (κ3) is 1.26. The summed E-state index contributed by atoms with van der Waals surface area (Å²) in [5, 5.41) is 1.88. The zero-order chi connectivity index (χ0) is 9.42. The molecule has 0 spiro atoms. The largest absolute Gasteiger partial charge is 0.494 e. The minimum atomic E-state index is 0.496. The van der Waals surface area contributed by atoms with Crippen LogP contribution in [-0.2, 0) is 0 Å². The van der Waals surface area contributed by atoms with Gasteiger partial charge in [0.1, 0.15) is 0 Å². The van der Waals surface area contributed by atoms with Gasteiger partial charge >= 0.3 is 0 Å². The summed E-state index contributed by atoms with van der Waals surface area (Å²) in [6.07, 6.45) is 2.83. The number of aromatic nitrogens is 1. The SMILES string of the molecule is COc1c(Cl)cc2[nH][c]cc2c1Cl. The number of nitrogens with one attached hydrogen (secondary N) is 1. The van der Waals surface area contributed by atoms with Crippen molar-refractivity contribution in [2.24, 2.45) is 0 Å². The summed E-state index contributed by atoms with van der Waals surface area (Å²) >= 11 is 12.0. The Balaban J connectivity index is 2.85. The van der Waals surface area contributed by atoms with Gasteiger partial charge in [-0.2, -0.15) is 0 Å². The summed E-state index contributed by atoms with van der Waals surface area (Å²) in [4.78, 5) is 2.90. The highest BCUT2D eigenvalue weighted by molar-refractivity contribution is 6.41. The van der Waals surface area contributed by atoms with Crippen molar-refractivity contribution in [3.8, 4) is 5.75 Å². The fourth-order valence-corrected chi connectivity index (χ4v) is 1.90. The average Bonchev–Trinajstić information content (AvgIpc) is 2.53. The lowest BCUT2D eigenvalue weighted by Gasteiger charge is -2.05. The van der Waals surface area contributed by atoms with Crippen molar-refractivity contribution in [3.05, 3.63) is 28.4 Å². The lowest BCUT2D eigenvalue weighted by molar-refractivity contribution is 0.416. The molecule has 4 heteroatoms. The number of rotatable bonds is 1. The van der Waals surface area contributed by atoms with E-state index >= 15 is 0 Å². The Morgan fingerprint density at radius 3 is 2.92 bits per heavy atom. The first kappa shape index (κ1) is 8.73. The summed E-state index contributed by atoms with van der Waals surface area (Å²) in [5.74, 6) is 0.504. The molecule has 1 N–H and O–H groups in total. The number of hydrogen-bond acceptors (Lipinski definition) is 1. The maximum absolute atomic E-state index is 6.04. The third-order valence-corrected chi connectivity index (χ3v) is 2.50. The molecule has 0 unspecified atom stereocenters. The first-order valence-electron chi connectivity index (χ1n) is 3.65. The molecule has 2 nitrogen and oxygen atoms in total. The fraction of sp³-hybridized carbons (Fsp3) is 0.111. The number of benzene rings is 1. The molecular formula is C9H6Cl2NO. The van der Waals surface area contributed by atoms with Gasteiger partial charge in [-0.1, -0.05) is 23.2 Å². The molecule has 0 atom stereocenters. The number of fused-ring (bicyclic) bond motifs is 1. The van der Waals surface area contributed by atoms with E-state index in [0.29, 0.717) is 15.8 Å². The second kappa shape index (κ2) is 3.13. The van der Waals surface area contributed by atoms with Crippen molar-refractivity contribution in [3.63, 3.8) is 0 Å². The highest BCUT2D eigenvalue weighted by Crippen LogP contribution is 2.38. The fourth-order valence-electron chi connectivity index (χ4n) is 1.23. The summed E-state index contributed by atoms with van der Waals surface area (Å²) in [7, 11) is 1.54. The normalized spacial score (nSPS) is 10.7. The van der Waals surface area contributed by atoms with E-state index in [1.54, 1.807) is 12.1 Å². The van der Waals surface area contributed by atoms with E-state index in [9.17, 15) is 0 Å². The number of aromatic amines is 1. The van der Waals surface area contributed by atoms with Crippen LogP contribution in [0.1, 0.15) is 0 Å². The van der Waals surface area contributed by atoms with Crippen LogP contribution in [0.3, 0.4) is 0 Å². The maximum atomic E-state index is 6.04. The second-order valence-corrected chi connectivity index (χ2v) is 3.37. The molecule has 1 aromatic carbocycles. The van der Waals surface area contributed by atoms with Crippen LogP contribution < -0.4 is 4.74 Å². The molecule has 1 heterocycles. The Morgan fingerprint density at radius 2 is 2.23 bits per heavy atom. The van der Waals surface area contributed by atoms with E-state index in [1.807, 2.05) is 0 Å². The van der Waals surface area contributed by atoms with Gasteiger partial charge in [-0.3, -0.25) is 0 Å². The van der Waals surface area contributed by atoms with Crippen LogP contribution in [-0.4, -0.2) is 12.1 Å². The molecule has 0 bridgehead atoms. The van der Waals surface area contributed by atoms with Crippen molar-refractivity contribution >= 4 is 34.1 Å². The second-order valence-electron chi connectivity index (χ2n) is 2.58. The molecule has 0 fully saturated rings. The predicted octanol–water partition coefficient (Wildman–Crippen LogP) is 3.28. The van der Waals surface area contributed by atoms with Gasteiger partial charge in [-0.05, 0) is 12.1 Å². The average molecular weight is 215 g/mol. The molecule has 67 valence electrons. The van der Waals surface area contributed by atoms with Gasteiger partial charge in [-0.25, -0.2) is 0 Å². The van der Waals surface area contributed by atoms with E-state index < -0.39 is 0 Å². The topological polar surface area (TPSA) is 25.0 Å². The highest BCUT2D eigenvalue weighted by Gasteiger charge is 2.11. The lowest BCUT2D eigenvalue weighted by atomic mass is 10.2. The van der Waals surface area contributed by atoms with Gasteiger partial charge in [0.25, 0.3) is 0 Å². The molecule has 1 aromatic heterocycles. The summed E-state index contributed by atoms with van der Waals surface area (Å²) in [5.41, 5.74) is 0.857. The molecule has 13 heavy (non-hydrogen) atoms. The van der Waals surface area contributed by atoms with Gasteiger partial charge in [0, 0.05) is 10.9 Å². The predicted molar refractivity (Wildman–Crippen MR) is 53.7 cm³/mol. The Kier molecular flexibility index (Phi) is 2.10. The van der Waals surface area contributed by atoms with Gasteiger partial charge in [0.05, 0.1) is 23.4 Å². The Labute approximate surface area is 85.4 Å². The lowest BCUT2D eigenvalue weighted by Crippen LogP contribution is -1.85. The van der Waals surface area contributed by atoms with Gasteiger partial charge in [-0.15, -0.1) is 0 Å². The molecule has 0 aliphatic rings. The first-order chi connectivity index (χ1) is 6.24. The van der Waals surface area contributed by atoms with Crippen LogP contribution in [0.4, 0.5) is 0 Å². The maximum Gasteiger partial charge on any atom is 0.156 e. The number of hydrogen-bond donors (Lipinski definition) is 1. The van der Waals surface area contributed by atoms with E-state index in [0.717, 1.165) is 10.9 Å². The molecule has 0 aliphatic heterocycles. The first-order valence-corrected chi connectivity index (χ1v) is 4.40. The summed E-state index contributed by atoms with van der Waals surface area (Å²) < 4.78 is 5.06. The Hall–Kier alpha value is -0.860. The van der Waals surface area contributed by atoms with E-state index in [-0.39, 0.29) is 0 Å². The van der Waals surface area contributed by atoms with Crippen molar-refractivity contribution in [1.82, 2.24) is 4.98 Å². The Morgan fingerprint density at radius 1 is 1.46 bits per heavy atom. The number of ether oxygens (including phenoxy) is 1. The van der Waals surface area contributed by atoms with Crippen LogP contribution in [0.15, 0.2) is 12.1 Å². The highest BCUT2D eigenvalue weighted by atomic mass is 35.5. The number of H-pyrrole nitrogens is 1. The molecule has 0 aliphatic carbocycles. The monoisotopic (exact) mass is 214 g/mol. The molecule has 2 rings (SSSR count). The zero-order valence-corrected chi connectivity index (χ0v) is 8.33. The van der Waals surface area contributed by atoms with Crippen LogP contribution in [0.25, 0.3) is 10.9 Å². The van der Waals surface area contributed by atoms with E-state index in [2.05, 4.69) is 11.2 Å². The van der Waals surface area contributed by atoms with Crippen LogP contribution in [0, 0.1) is 6.20 Å². The van der Waals surface area contributed by atoms with Gasteiger partial charge in [0.15, 0.2) is 5.75 Å². The number of halogens is 2. The van der Waals surface area contributed by atoms with E-state index in [4.69, 9.17) is 27.9 Å². The third-order valence-electron chi connectivity index (χ3n) is 1.84. The van der Waals surface area contributed by atoms with E-state index in [1.165, 1.54) is 7.11 Å². The van der Waals surface area contributed by atoms with Crippen molar-refractivity contribution in [1.29, 1.82) is 0 Å². The Bertz CT molecular complexity index is 450. The molecule has 2 aromatic rings. The van der Waals surface area contributed by atoms with Gasteiger partial charge in [0.2, 0.25) is 0 Å². The molecule has 0 saturated carbocycles. The van der Waals surface area contributed by atoms with Crippen molar-refractivity contribution < 1.29 is 4.74 Å².